The molecule has 0 spiro atoms. The van der Waals surface area contributed by atoms with E-state index in [0.29, 0.717) is 12.3 Å². The number of hydrogen-bond acceptors (Lipinski definition) is 4. The summed E-state index contributed by atoms with van der Waals surface area (Å²) in [6, 6.07) is 5.54. The first-order chi connectivity index (χ1) is 9.57. The van der Waals surface area contributed by atoms with Crippen molar-refractivity contribution in [2.75, 3.05) is 18.8 Å². The first-order valence-electron chi connectivity index (χ1n) is 7.17. The smallest absolute Gasteiger partial charge is 0.212 e. The Balaban J connectivity index is 1.83. The fourth-order valence-electron chi connectivity index (χ4n) is 2.53. The third-order valence-corrected chi connectivity index (χ3v) is 5.23. The number of nitrogens with zero attached hydrogens (tertiary/aromatic N) is 1. The van der Waals surface area contributed by atoms with Gasteiger partial charge in [-0.3, -0.25) is 4.98 Å². The van der Waals surface area contributed by atoms with Gasteiger partial charge in [-0.25, -0.2) is 13.1 Å². The fourth-order valence-corrected chi connectivity index (χ4v) is 3.88. The molecule has 2 N–H and O–H groups in total. The van der Waals surface area contributed by atoms with Gasteiger partial charge in [0.05, 0.1) is 5.75 Å². The molecule has 2 rings (SSSR count). The van der Waals surface area contributed by atoms with Crippen molar-refractivity contribution in [1.82, 2.24) is 15.0 Å². The van der Waals surface area contributed by atoms with E-state index < -0.39 is 10.0 Å². The van der Waals surface area contributed by atoms with Gasteiger partial charge in [-0.05, 0) is 50.9 Å². The highest BCUT2D eigenvalue weighted by Gasteiger charge is 2.23. The Hall–Kier alpha value is -0.980. The Morgan fingerprint density at radius 1 is 1.50 bits per heavy atom. The molecule has 5 nitrogen and oxygen atoms in total. The number of hydrogen-bond donors (Lipinski definition) is 2. The standard InChI is InChI=1S/C14H23N3O2S/c1-12(13-5-4-8-15-11-13)17-20(18,19)10-7-14-6-2-3-9-16-14/h2-3,6,9,12-13,15,17H,4-5,7-8,10-11H2,1H3. The van der Waals surface area contributed by atoms with Gasteiger partial charge in [-0.1, -0.05) is 6.07 Å². The molecule has 6 heteroatoms. The second-order valence-electron chi connectivity index (χ2n) is 5.40. The van der Waals surface area contributed by atoms with E-state index in [2.05, 4.69) is 15.0 Å². The molecule has 20 heavy (non-hydrogen) atoms. The Morgan fingerprint density at radius 2 is 2.35 bits per heavy atom. The quantitative estimate of drug-likeness (QED) is 0.819. The van der Waals surface area contributed by atoms with Gasteiger partial charge < -0.3 is 5.32 Å². The number of aryl methyl sites for hydroxylation is 1. The van der Waals surface area contributed by atoms with Crippen LogP contribution < -0.4 is 10.0 Å². The molecule has 1 aromatic rings. The van der Waals surface area contributed by atoms with Gasteiger partial charge in [-0.15, -0.1) is 0 Å². The van der Waals surface area contributed by atoms with Gasteiger partial charge in [0.15, 0.2) is 0 Å². The van der Waals surface area contributed by atoms with Crippen molar-refractivity contribution in [3.63, 3.8) is 0 Å². The summed E-state index contributed by atoms with van der Waals surface area (Å²) in [7, 11) is -3.25. The summed E-state index contributed by atoms with van der Waals surface area (Å²) in [5.74, 6) is 0.475. The Labute approximate surface area is 121 Å². The molecule has 1 aliphatic heterocycles. The van der Waals surface area contributed by atoms with E-state index in [1.54, 1.807) is 6.20 Å². The highest BCUT2D eigenvalue weighted by molar-refractivity contribution is 7.89. The molecular weight excluding hydrogens is 274 g/mol. The molecule has 112 valence electrons. The van der Waals surface area contributed by atoms with Crippen LogP contribution in [0.3, 0.4) is 0 Å². The minimum Gasteiger partial charge on any atom is -0.316 e. The van der Waals surface area contributed by atoms with E-state index in [0.717, 1.165) is 31.6 Å². The van der Waals surface area contributed by atoms with Gasteiger partial charge in [0.25, 0.3) is 0 Å². The van der Waals surface area contributed by atoms with Crippen LogP contribution in [0.15, 0.2) is 24.4 Å². The molecule has 0 aliphatic carbocycles. The predicted octanol–water partition coefficient (Wildman–Crippen LogP) is 0.932. The maximum absolute atomic E-state index is 12.1. The SMILES string of the molecule is CC(NS(=O)(=O)CCc1ccccn1)C1CCCNC1. The number of aromatic nitrogens is 1. The molecule has 1 aliphatic rings. The van der Waals surface area contributed by atoms with Crippen molar-refractivity contribution in [2.24, 2.45) is 5.92 Å². The van der Waals surface area contributed by atoms with Crippen molar-refractivity contribution >= 4 is 10.0 Å². The number of sulfonamides is 1. The van der Waals surface area contributed by atoms with E-state index in [4.69, 9.17) is 0 Å². The maximum atomic E-state index is 12.1. The second-order valence-corrected chi connectivity index (χ2v) is 7.28. The van der Waals surface area contributed by atoms with Crippen molar-refractivity contribution in [2.45, 2.75) is 32.2 Å². The van der Waals surface area contributed by atoms with E-state index in [9.17, 15) is 8.42 Å². The molecular formula is C14H23N3O2S. The normalized spacial score (nSPS) is 21.6. The van der Waals surface area contributed by atoms with Crippen LogP contribution in [0.5, 0.6) is 0 Å². The van der Waals surface area contributed by atoms with Gasteiger partial charge in [-0.2, -0.15) is 0 Å². The maximum Gasteiger partial charge on any atom is 0.212 e. The van der Waals surface area contributed by atoms with Crippen molar-refractivity contribution < 1.29 is 8.42 Å². The first kappa shape index (κ1) is 15.4. The van der Waals surface area contributed by atoms with Crippen LogP contribution in [0, 0.1) is 5.92 Å². The first-order valence-corrected chi connectivity index (χ1v) is 8.83. The predicted molar refractivity (Wildman–Crippen MR) is 79.9 cm³/mol. The van der Waals surface area contributed by atoms with Crippen LogP contribution in [-0.2, 0) is 16.4 Å². The van der Waals surface area contributed by atoms with Gasteiger partial charge >= 0.3 is 0 Å². The summed E-state index contributed by atoms with van der Waals surface area (Å²) in [6.07, 6.45) is 4.33. The summed E-state index contributed by atoms with van der Waals surface area (Å²) < 4.78 is 27.0. The number of pyridine rings is 1. The van der Waals surface area contributed by atoms with Crippen LogP contribution >= 0.6 is 0 Å². The molecule has 1 fully saturated rings. The molecule has 0 bridgehead atoms. The van der Waals surface area contributed by atoms with Gasteiger partial charge in [0.1, 0.15) is 0 Å². The molecule has 2 unspecified atom stereocenters. The topological polar surface area (TPSA) is 71.1 Å². The molecule has 0 aromatic carbocycles. The number of piperidine rings is 1. The summed E-state index contributed by atoms with van der Waals surface area (Å²) in [5.41, 5.74) is 0.810. The highest BCUT2D eigenvalue weighted by Crippen LogP contribution is 2.15. The minimum atomic E-state index is -3.25. The zero-order valence-electron chi connectivity index (χ0n) is 11.9. The van der Waals surface area contributed by atoms with Crippen molar-refractivity contribution in [1.29, 1.82) is 0 Å². The Morgan fingerprint density at radius 3 is 3.00 bits per heavy atom. The van der Waals surface area contributed by atoms with Crippen molar-refractivity contribution in [3.8, 4) is 0 Å². The minimum absolute atomic E-state index is 0.0171. The number of rotatable bonds is 6. The van der Waals surface area contributed by atoms with E-state index in [1.807, 2.05) is 25.1 Å². The molecule has 2 heterocycles. The zero-order chi connectivity index (χ0) is 14.4. The van der Waals surface area contributed by atoms with Crippen LogP contribution in [0.2, 0.25) is 0 Å². The summed E-state index contributed by atoms with van der Waals surface area (Å²) >= 11 is 0. The van der Waals surface area contributed by atoms with Crippen LogP contribution in [0.25, 0.3) is 0 Å². The molecule has 0 radical (unpaired) electrons. The van der Waals surface area contributed by atoms with E-state index >= 15 is 0 Å². The van der Waals surface area contributed by atoms with E-state index in [1.165, 1.54) is 0 Å². The third kappa shape index (κ3) is 4.85. The summed E-state index contributed by atoms with van der Waals surface area (Å²) in [4.78, 5) is 4.15. The molecule has 0 amide bonds. The number of nitrogens with one attached hydrogen (secondary N) is 2. The van der Waals surface area contributed by atoms with E-state index in [-0.39, 0.29) is 11.8 Å². The average molecular weight is 297 g/mol. The molecule has 0 saturated carbocycles. The summed E-state index contributed by atoms with van der Waals surface area (Å²) in [6.45, 7) is 3.88. The Bertz CT molecular complexity index is 498. The lowest BCUT2D eigenvalue weighted by atomic mass is 9.94. The largest absolute Gasteiger partial charge is 0.316 e. The summed E-state index contributed by atoms with van der Waals surface area (Å²) in [5, 5.41) is 3.31. The molecule has 2 atom stereocenters. The lowest BCUT2D eigenvalue weighted by molar-refractivity contribution is 0.320. The lowest BCUT2D eigenvalue weighted by Gasteiger charge is -2.28. The highest BCUT2D eigenvalue weighted by atomic mass is 32.2. The Kier molecular flexibility index (Phi) is 5.51. The second kappa shape index (κ2) is 7.15. The van der Waals surface area contributed by atoms with Crippen LogP contribution in [-0.4, -0.2) is 38.3 Å². The van der Waals surface area contributed by atoms with Crippen molar-refractivity contribution in [3.05, 3.63) is 30.1 Å². The molecule has 1 aromatic heterocycles. The van der Waals surface area contributed by atoms with Crippen LogP contribution in [0.4, 0.5) is 0 Å². The van der Waals surface area contributed by atoms with Gasteiger partial charge in [0, 0.05) is 24.4 Å². The van der Waals surface area contributed by atoms with Gasteiger partial charge in [0.2, 0.25) is 10.0 Å². The third-order valence-electron chi connectivity index (χ3n) is 3.76. The zero-order valence-corrected chi connectivity index (χ0v) is 12.7. The fraction of sp³-hybridized carbons (Fsp3) is 0.643. The monoisotopic (exact) mass is 297 g/mol. The average Bonchev–Trinajstić information content (AvgIpc) is 2.47. The molecule has 1 saturated heterocycles. The lowest BCUT2D eigenvalue weighted by Crippen LogP contribution is -2.45. The van der Waals surface area contributed by atoms with Crippen LogP contribution in [0.1, 0.15) is 25.5 Å².